The Morgan fingerprint density at radius 1 is 1.42 bits per heavy atom. The first-order valence-electron chi connectivity index (χ1n) is 6.29. The summed E-state index contributed by atoms with van der Waals surface area (Å²) in [6, 6.07) is 3.91. The molecule has 1 amide bonds. The van der Waals surface area contributed by atoms with Crippen molar-refractivity contribution in [3.63, 3.8) is 0 Å². The Morgan fingerprint density at radius 2 is 2.11 bits per heavy atom. The Bertz CT molecular complexity index is 460. The van der Waals surface area contributed by atoms with Crippen LogP contribution in [0.2, 0.25) is 0 Å². The Morgan fingerprint density at radius 3 is 2.68 bits per heavy atom. The number of pyridine rings is 1. The highest BCUT2D eigenvalue weighted by Crippen LogP contribution is 2.09. The molecule has 5 heteroatoms. The van der Waals surface area contributed by atoms with Gasteiger partial charge in [-0.2, -0.15) is 0 Å². The molecule has 1 aromatic heterocycles. The zero-order chi connectivity index (χ0) is 14.4. The summed E-state index contributed by atoms with van der Waals surface area (Å²) in [5, 5.41) is 8.57. The molecular formula is C14H20N2O3. The number of rotatable bonds is 6. The lowest BCUT2D eigenvalue weighted by atomic mass is 10.1. The number of amides is 1. The monoisotopic (exact) mass is 264 g/mol. The Labute approximate surface area is 113 Å². The van der Waals surface area contributed by atoms with Gasteiger partial charge in [-0.05, 0) is 31.5 Å². The van der Waals surface area contributed by atoms with Gasteiger partial charge in [-0.3, -0.25) is 14.6 Å². The van der Waals surface area contributed by atoms with Gasteiger partial charge in [-0.1, -0.05) is 0 Å². The van der Waals surface area contributed by atoms with Crippen molar-refractivity contribution in [2.24, 2.45) is 0 Å². The van der Waals surface area contributed by atoms with E-state index >= 15 is 0 Å². The van der Waals surface area contributed by atoms with Crippen LogP contribution in [0.25, 0.3) is 0 Å². The number of nitrogens with zero attached hydrogens (tertiary/aromatic N) is 2. The minimum Gasteiger partial charge on any atom is -0.481 e. The van der Waals surface area contributed by atoms with Gasteiger partial charge < -0.3 is 10.0 Å². The molecule has 1 atom stereocenters. The molecule has 0 spiro atoms. The molecule has 5 nitrogen and oxygen atoms in total. The molecule has 0 bridgehead atoms. The lowest BCUT2D eigenvalue weighted by Crippen LogP contribution is -2.36. The minimum atomic E-state index is -0.949. The van der Waals surface area contributed by atoms with Crippen LogP contribution < -0.4 is 0 Å². The van der Waals surface area contributed by atoms with Gasteiger partial charge in [0.1, 0.15) is 0 Å². The largest absolute Gasteiger partial charge is 0.481 e. The van der Waals surface area contributed by atoms with Crippen LogP contribution in [-0.4, -0.2) is 40.0 Å². The third kappa shape index (κ3) is 5.07. The van der Waals surface area contributed by atoms with E-state index in [1.807, 2.05) is 26.0 Å². The lowest BCUT2D eigenvalue weighted by Gasteiger charge is -2.24. The van der Waals surface area contributed by atoms with Gasteiger partial charge >= 0.3 is 5.97 Å². The predicted octanol–water partition coefficient (Wildman–Crippen LogP) is 1.64. The number of hydrogen-bond donors (Lipinski definition) is 1. The molecular weight excluding hydrogens is 244 g/mol. The molecule has 0 aliphatic rings. The van der Waals surface area contributed by atoms with E-state index < -0.39 is 5.97 Å². The van der Waals surface area contributed by atoms with E-state index in [0.717, 1.165) is 11.3 Å². The van der Waals surface area contributed by atoms with Crippen molar-refractivity contribution in [2.45, 2.75) is 39.2 Å². The Balaban J connectivity index is 2.54. The number of aryl methyl sites for hydroxylation is 1. The summed E-state index contributed by atoms with van der Waals surface area (Å²) in [4.78, 5) is 28.1. The molecule has 0 aromatic carbocycles. The molecule has 1 heterocycles. The van der Waals surface area contributed by atoms with Gasteiger partial charge in [0.05, 0.1) is 6.42 Å². The molecule has 0 radical (unpaired) electrons. The van der Waals surface area contributed by atoms with Gasteiger partial charge in [0.25, 0.3) is 0 Å². The quantitative estimate of drug-likeness (QED) is 0.848. The normalized spacial score (nSPS) is 11.9. The molecule has 1 rings (SSSR count). The van der Waals surface area contributed by atoms with Crippen LogP contribution in [0, 0.1) is 6.92 Å². The van der Waals surface area contributed by atoms with Gasteiger partial charge in [-0.15, -0.1) is 0 Å². The van der Waals surface area contributed by atoms with Crippen LogP contribution in [0.15, 0.2) is 18.3 Å². The van der Waals surface area contributed by atoms with Crippen LogP contribution in [0.1, 0.15) is 31.0 Å². The first kappa shape index (κ1) is 15.1. The van der Waals surface area contributed by atoms with Crippen LogP contribution in [0.5, 0.6) is 0 Å². The van der Waals surface area contributed by atoms with Crippen molar-refractivity contribution in [3.8, 4) is 0 Å². The average molecular weight is 264 g/mol. The zero-order valence-corrected chi connectivity index (χ0v) is 11.6. The van der Waals surface area contributed by atoms with E-state index in [4.69, 9.17) is 5.11 Å². The van der Waals surface area contributed by atoms with Crippen LogP contribution in [0.3, 0.4) is 0 Å². The second kappa shape index (κ2) is 6.87. The van der Waals surface area contributed by atoms with E-state index in [9.17, 15) is 9.59 Å². The van der Waals surface area contributed by atoms with Crippen molar-refractivity contribution in [1.82, 2.24) is 9.88 Å². The van der Waals surface area contributed by atoms with Crippen LogP contribution >= 0.6 is 0 Å². The highest BCUT2D eigenvalue weighted by Gasteiger charge is 2.17. The third-order valence-corrected chi connectivity index (χ3v) is 3.08. The summed E-state index contributed by atoms with van der Waals surface area (Å²) >= 11 is 0. The maximum absolute atomic E-state index is 11.8. The average Bonchev–Trinajstić information content (AvgIpc) is 2.34. The first-order valence-corrected chi connectivity index (χ1v) is 6.29. The Kier molecular flexibility index (Phi) is 5.48. The Hall–Kier alpha value is -1.91. The predicted molar refractivity (Wildman–Crippen MR) is 71.8 cm³/mol. The van der Waals surface area contributed by atoms with E-state index in [2.05, 4.69) is 4.98 Å². The van der Waals surface area contributed by atoms with Crippen molar-refractivity contribution in [1.29, 1.82) is 0 Å². The third-order valence-electron chi connectivity index (χ3n) is 3.08. The molecule has 0 saturated carbocycles. The summed E-state index contributed by atoms with van der Waals surface area (Å²) in [7, 11) is 1.70. The molecule has 0 unspecified atom stereocenters. The standard InChI is InChI=1S/C14H20N2O3/c1-10-6-7-15-12(8-10)9-11(2)16(3)13(17)4-5-14(18)19/h6-8,11H,4-5,9H2,1-3H3,(H,18,19)/t11-/m1/s1. The van der Waals surface area contributed by atoms with E-state index in [0.29, 0.717) is 6.42 Å². The first-order chi connectivity index (χ1) is 8.90. The second-order valence-corrected chi connectivity index (χ2v) is 4.78. The van der Waals surface area contributed by atoms with Gasteiger partial charge in [0.15, 0.2) is 0 Å². The van der Waals surface area contributed by atoms with Crippen molar-refractivity contribution in [3.05, 3.63) is 29.6 Å². The number of carbonyl (C=O) groups is 2. The summed E-state index contributed by atoms with van der Waals surface area (Å²) in [5.41, 5.74) is 2.07. The number of carbonyl (C=O) groups excluding carboxylic acids is 1. The zero-order valence-electron chi connectivity index (χ0n) is 11.6. The number of likely N-dealkylation sites (N-methyl/N-ethyl adjacent to an activating group) is 1. The molecule has 0 saturated heterocycles. The molecule has 0 aliphatic carbocycles. The topological polar surface area (TPSA) is 70.5 Å². The maximum atomic E-state index is 11.8. The molecule has 1 N–H and O–H groups in total. The number of carboxylic acids is 1. The van der Waals surface area contributed by atoms with Crippen LogP contribution in [0.4, 0.5) is 0 Å². The molecule has 1 aromatic rings. The highest BCUT2D eigenvalue weighted by atomic mass is 16.4. The summed E-state index contributed by atoms with van der Waals surface area (Å²) in [6.07, 6.45) is 2.33. The molecule has 19 heavy (non-hydrogen) atoms. The smallest absolute Gasteiger partial charge is 0.303 e. The van der Waals surface area contributed by atoms with Crippen molar-refractivity contribution < 1.29 is 14.7 Å². The van der Waals surface area contributed by atoms with Crippen LogP contribution in [-0.2, 0) is 16.0 Å². The summed E-state index contributed by atoms with van der Waals surface area (Å²) < 4.78 is 0. The van der Waals surface area contributed by atoms with Gasteiger partial charge in [-0.25, -0.2) is 0 Å². The molecule has 0 fully saturated rings. The van der Waals surface area contributed by atoms with Gasteiger partial charge in [0, 0.05) is 37.8 Å². The minimum absolute atomic E-state index is 0.00408. The number of aromatic nitrogens is 1. The molecule has 104 valence electrons. The van der Waals surface area contributed by atoms with Crippen molar-refractivity contribution in [2.75, 3.05) is 7.05 Å². The number of aliphatic carboxylic acids is 1. The van der Waals surface area contributed by atoms with Crippen molar-refractivity contribution >= 4 is 11.9 Å². The number of carboxylic acid groups (broad SMARTS) is 1. The second-order valence-electron chi connectivity index (χ2n) is 4.78. The lowest BCUT2D eigenvalue weighted by molar-refractivity contribution is -0.141. The maximum Gasteiger partial charge on any atom is 0.303 e. The van der Waals surface area contributed by atoms with Gasteiger partial charge in [0.2, 0.25) is 5.91 Å². The SMILES string of the molecule is Cc1ccnc(C[C@@H](C)N(C)C(=O)CCC(=O)O)c1. The fourth-order valence-electron chi connectivity index (χ4n) is 1.79. The summed E-state index contributed by atoms with van der Waals surface area (Å²) in [6.45, 7) is 3.93. The van der Waals surface area contributed by atoms with E-state index in [1.165, 1.54) is 0 Å². The number of hydrogen-bond acceptors (Lipinski definition) is 3. The summed E-state index contributed by atoms with van der Waals surface area (Å²) in [5.74, 6) is -1.10. The highest BCUT2D eigenvalue weighted by molar-refractivity contribution is 5.80. The van der Waals surface area contributed by atoms with E-state index in [-0.39, 0.29) is 24.8 Å². The fourth-order valence-corrected chi connectivity index (χ4v) is 1.79. The molecule has 0 aliphatic heterocycles. The fraction of sp³-hybridized carbons (Fsp3) is 0.500. The van der Waals surface area contributed by atoms with E-state index in [1.54, 1.807) is 18.1 Å².